The summed E-state index contributed by atoms with van der Waals surface area (Å²) in [5.41, 5.74) is -1.70. The largest absolute Gasteiger partial charge is 0.543 e. The van der Waals surface area contributed by atoms with Gasteiger partial charge in [-0.1, -0.05) is 0 Å². The lowest BCUT2D eigenvalue weighted by molar-refractivity contribution is -0.255. The van der Waals surface area contributed by atoms with Gasteiger partial charge in [0.2, 0.25) is 0 Å². The molecule has 2 aromatic carbocycles. The molecule has 0 aliphatic heterocycles. The molecular formula is C19H10F6NO3S-. The standard InChI is InChI=1S/C19H11F6NO3S/c20-12-3-1-9(16(21)17(12)22)7-29-14-4-2-11(19(23,24)25)5-10(14)6-15-26-13(8-30-15)18(27)28/h1-5,8H,6-7H2,(H,27,28)/p-1. The Bertz CT molecular complexity index is 1100. The predicted molar refractivity (Wildman–Crippen MR) is 91.3 cm³/mol. The van der Waals surface area contributed by atoms with Crippen LogP contribution in [-0.2, 0) is 19.2 Å². The van der Waals surface area contributed by atoms with Crippen LogP contribution >= 0.6 is 11.3 Å². The van der Waals surface area contributed by atoms with E-state index in [1.165, 1.54) is 5.38 Å². The van der Waals surface area contributed by atoms with Crippen LogP contribution in [0.5, 0.6) is 5.75 Å². The molecule has 0 saturated heterocycles. The summed E-state index contributed by atoms with van der Waals surface area (Å²) >= 11 is 0.895. The highest BCUT2D eigenvalue weighted by Gasteiger charge is 2.31. The minimum Gasteiger partial charge on any atom is -0.543 e. The Morgan fingerprint density at radius 1 is 1.07 bits per heavy atom. The first kappa shape index (κ1) is 21.6. The number of aromatic carboxylic acids is 1. The Kier molecular flexibility index (Phi) is 6.01. The van der Waals surface area contributed by atoms with Gasteiger partial charge in [0.15, 0.2) is 17.5 Å². The lowest BCUT2D eigenvalue weighted by atomic mass is 10.1. The zero-order valence-corrected chi connectivity index (χ0v) is 15.5. The quantitative estimate of drug-likeness (QED) is 0.422. The lowest BCUT2D eigenvalue weighted by Gasteiger charge is -2.15. The fourth-order valence-corrected chi connectivity index (χ4v) is 3.30. The van der Waals surface area contributed by atoms with Crippen molar-refractivity contribution in [3.05, 3.63) is 80.6 Å². The number of rotatable bonds is 6. The number of carbonyl (C=O) groups is 1. The number of halogens is 6. The Balaban J connectivity index is 1.91. The van der Waals surface area contributed by atoms with Crippen LogP contribution in [0.4, 0.5) is 26.3 Å². The third kappa shape index (κ3) is 4.73. The summed E-state index contributed by atoms with van der Waals surface area (Å²) in [7, 11) is 0. The van der Waals surface area contributed by atoms with Crippen molar-refractivity contribution in [3.8, 4) is 5.75 Å². The smallest absolute Gasteiger partial charge is 0.416 e. The van der Waals surface area contributed by atoms with Gasteiger partial charge in [0.25, 0.3) is 0 Å². The van der Waals surface area contributed by atoms with E-state index in [9.17, 15) is 36.2 Å². The minimum absolute atomic E-state index is 0.00735. The van der Waals surface area contributed by atoms with Crippen molar-refractivity contribution in [1.29, 1.82) is 0 Å². The molecule has 0 saturated carbocycles. The van der Waals surface area contributed by atoms with Crippen molar-refractivity contribution in [1.82, 2.24) is 4.98 Å². The Labute approximate surface area is 169 Å². The molecule has 0 spiro atoms. The zero-order valence-electron chi connectivity index (χ0n) is 14.7. The van der Waals surface area contributed by atoms with E-state index in [4.69, 9.17) is 4.74 Å². The molecule has 0 amide bonds. The molecule has 0 fully saturated rings. The fraction of sp³-hybridized carbons (Fsp3) is 0.158. The average molecular weight is 446 g/mol. The summed E-state index contributed by atoms with van der Waals surface area (Å²) in [5, 5.41) is 12.2. The molecule has 3 rings (SSSR count). The molecule has 158 valence electrons. The minimum atomic E-state index is -4.65. The van der Waals surface area contributed by atoms with E-state index >= 15 is 0 Å². The van der Waals surface area contributed by atoms with Gasteiger partial charge in [0, 0.05) is 22.9 Å². The van der Waals surface area contributed by atoms with Crippen molar-refractivity contribution >= 4 is 17.3 Å². The van der Waals surface area contributed by atoms with Crippen LogP contribution in [0, 0.1) is 17.5 Å². The number of nitrogens with zero attached hydrogens (tertiary/aromatic N) is 1. The number of carbonyl (C=O) groups excluding carboxylic acids is 1. The molecule has 30 heavy (non-hydrogen) atoms. The SMILES string of the molecule is O=C([O-])c1csc(Cc2cc(C(F)(F)F)ccc2OCc2ccc(F)c(F)c2F)n1. The number of thiazole rings is 1. The number of benzene rings is 2. The van der Waals surface area contributed by atoms with Crippen molar-refractivity contribution in [2.75, 3.05) is 0 Å². The second-order valence-electron chi connectivity index (χ2n) is 6.03. The Hall–Kier alpha value is -3.08. The number of alkyl halides is 3. The van der Waals surface area contributed by atoms with Crippen molar-refractivity contribution < 1.29 is 41.0 Å². The molecule has 1 aromatic heterocycles. The highest BCUT2D eigenvalue weighted by Crippen LogP contribution is 2.34. The van der Waals surface area contributed by atoms with Crippen molar-refractivity contribution in [3.63, 3.8) is 0 Å². The third-order valence-corrected chi connectivity index (χ3v) is 4.84. The van der Waals surface area contributed by atoms with Crippen LogP contribution in [0.25, 0.3) is 0 Å². The summed E-state index contributed by atoms with van der Waals surface area (Å²) in [6.45, 7) is -0.580. The molecule has 3 aromatic rings. The number of hydrogen-bond acceptors (Lipinski definition) is 5. The second kappa shape index (κ2) is 8.34. The second-order valence-corrected chi connectivity index (χ2v) is 6.98. The van der Waals surface area contributed by atoms with E-state index in [-0.39, 0.29) is 34.0 Å². The van der Waals surface area contributed by atoms with Gasteiger partial charge >= 0.3 is 6.18 Å². The van der Waals surface area contributed by atoms with Crippen LogP contribution < -0.4 is 9.84 Å². The summed E-state index contributed by atoms with van der Waals surface area (Å²) in [6.07, 6.45) is -4.87. The van der Waals surface area contributed by atoms with E-state index in [1.807, 2.05) is 0 Å². The molecular weight excluding hydrogens is 436 g/mol. The first-order valence-corrected chi connectivity index (χ1v) is 9.05. The Morgan fingerprint density at radius 2 is 1.80 bits per heavy atom. The van der Waals surface area contributed by atoms with Gasteiger partial charge in [-0.15, -0.1) is 11.3 Å². The molecule has 0 unspecified atom stereocenters. The number of carboxylic acids is 1. The van der Waals surface area contributed by atoms with Gasteiger partial charge < -0.3 is 14.6 Å². The summed E-state index contributed by atoms with van der Waals surface area (Å²) in [6, 6.07) is 4.18. The zero-order chi connectivity index (χ0) is 22.1. The third-order valence-electron chi connectivity index (χ3n) is 3.99. The van der Waals surface area contributed by atoms with E-state index in [0.29, 0.717) is 6.07 Å². The fourth-order valence-electron chi connectivity index (χ4n) is 2.52. The molecule has 0 radical (unpaired) electrons. The maximum absolute atomic E-state index is 13.8. The van der Waals surface area contributed by atoms with Crippen LogP contribution in [-0.4, -0.2) is 11.0 Å². The normalized spacial score (nSPS) is 11.5. The van der Waals surface area contributed by atoms with Crippen molar-refractivity contribution in [2.45, 2.75) is 19.2 Å². The van der Waals surface area contributed by atoms with E-state index in [0.717, 1.165) is 35.6 Å². The topological polar surface area (TPSA) is 62.2 Å². The maximum atomic E-state index is 13.8. The molecule has 0 bridgehead atoms. The first-order chi connectivity index (χ1) is 14.1. The van der Waals surface area contributed by atoms with Crippen LogP contribution in [0.15, 0.2) is 35.7 Å². The number of carboxylic acid groups (broad SMARTS) is 1. The number of ether oxygens (including phenoxy) is 1. The van der Waals surface area contributed by atoms with Gasteiger partial charge in [0.05, 0.1) is 22.2 Å². The number of aromatic nitrogens is 1. The summed E-state index contributed by atoms with van der Waals surface area (Å²) in [4.78, 5) is 14.6. The van der Waals surface area contributed by atoms with Crippen LogP contribution in [0.3, 0.4) is 0 Å². The maximum Gasteiger partial charge on any atom is 0.416 e. The molecule has 0 aliphatic rings. The van der Waals surface area contributed by atoms with Crippen molar-refractivity contribution in [2.24, 2.45) is 0 Å². The molecule has 1 heterocycles. The van der Waals surface area contributed by atoms with E-state index in [1.54, 1.807) is 0 Å². The van der Waals surface area contributed by atoms with Gasteiger partial charge in [-0.2, -0.15) is 13.2 Å². The van der Waals surface area contributed by atoms with E-state index < -0.39 is 41.8 Å². The summed E-state index contributed by atoms with van der Waals surface area (Å²) < 4.78 is 84.7. The summed E-state index contributed by atoms with van der Waals surface area (Å²) in [5.74, 6) is -6.17. The lowest BCUT2D eigenvalue weighted by Crippen LogP contribution is -2.22. The highest BCUT2D eigenvalue weighted by molar-refractivity contribution is 7.09. The van der Waals surface area contributed by atoms with Gasteiger partial charge in [-0.3, -0.25) is 0 Å². The van der Waals surface area contributed by atoms with Crippen LogP contribution in [0.1, 0.15) is 32.2 Å². The first-order valence-electron chi connectivity index (χ1n) is 8.17. The molecule has 0 aliphatic carbocycles. The molecule has 0 N–H and O–H groups in total. The molecule has 11 heteroatoms. The van der Waals surface area contributed by atoms with Crippen LogP contribution in [0.2, 0.25) is 0 Å². The highest BCUT2D eigenvalue weighted by atomic mass is 32.1. The van der Waals surface area contributed by atoms with E-state index in [2.05, 4.69) is 4.98 Å². The van der Waals surface area contributed by atoms with Gasteiger partial charge in [-0.25, -0.2) is 18.2 Å². The Morgan fingerprint density at radius 3 is 2.43 bits per heavy atom. The monoisotopic (exact) mass is 446 g/mol. The molecule has 0 atom stereocenters. The molecule has 4 nitrogen and oxygen atoms in total. The predicted octanol–water partition coefficient (Wildman–Crippen LogP) is 4.11. The average Bonchev–Trinajstić information content (AvgIpc) is 3.14. The number of hydrogen-bond donors (Lipinski definition) is 0. The van der Waals surface area contributed by atoms with Gasteiger partial charge in [-0.05, 0) is 30.3 Å². The van der Waals surface area contributed by atoms with Gasteiger partial charge in [0.1, 0.15) is 12.4 Å².